The molecule has 1 saturated carbocycles. The lowest BCUT2D eigenvalue weighted by molar-refractivity contribution is -0.346. The van der Waals surface area contributed by atoms with Crippen LogP contribution in [0.15, 0.2) is 42.2 Å². The van der Waals surface area contributed by atoms with Crippen molar-refractivity contribution in [1.29, 1.82) is 0 Å². The maximum atomic E-state index is 12.9. The van der Waals surface area contributed by atoms with Crippen LogP contribution in [0.2, 0.25) is 0 Å². The Hall–Kier alpha value is -3.53. The number of hydrogen-bond acceptors (Lipinski definition) is 14. The van der Waals surface area contributed by atoms with Gasteiger partial charge >= 0.3 is 17.9 Å². The third-order valence-electron chi connectivity index (χ3n) is 7.57. The van der Waals surface area contributed by atoms with E-state index in [2.05, 4.69) is 0 Å². The van der Waals surface area contributed by atoms with Crippen molar-refractivity contribution in [3.8, 4) is 5.75 Å². The molecular formula is C28H34O14. The summed E-state index contributed by atoms with van der Waals surface area (Å²) in [6, 6.07) is 6.06. The van der Waals surface area contributed by atoms with Gasteiger partial charge < -0.3 is 54.0 Å². The Bertz CT molecular complexity index is 1210. The fourth-order valence-electron chi connectivity index (χ4n) is 5.65. The molecule has 0 radical (unpaired) electrons. The first-order valence-corrected chi connectivity index (χ1v) is 13.2. The van der Waals surface area contributed by atoms with Crippen molar-refractivity contribution < 1.29 is 68.3 Å². The summed E-state index contributed by atoms with van der Waals surface area (Å²) in [5, 5.41) is 49.8. The first kappa shape index (κ1) is 31.4. The maximum Gasteiger partial charge on any atom is 0.337 e. The highest BCUT2D eigenvalue weighted by molar-refractivity contribution is 5.90. The quantitative estimate of drug-likeness (QED) is 0.146. The first-order valence-electron chi connectivity index (χ1n) is 13.2. The molecule has 2 unspecified atom stereocenters. The van der Waals surface area contributed by atoms with E-state index in [1.54, 1.807) is 19.1 Å². The molecule has 0 spiro atoms. The van der Waals surface area contributed by atoms with Crippen LogP contribution in [-0.2, 0) is 42.8 Å². The molecule has 0 bridgehead atoms. The molecule has 2 aliphatic heterocycles. The number of benzene rings is 1. The van der Waals surface area contributed by atoms with E-state index in [4.69, 9.17) is 28.4 Å². The Morgan fingerprint density at radius 3 is 2.38 bits per heavy atom. The molecule has 2 heterocycles. The van der Waals surface area contributed by atoms with Gasteiger partial charge in [-0.2, -0.15) is 0 Å². The molecule has 230 valence electrons. The molecule has 0 amide bonds. The number of phenolic OH excluding ortho intramolecular Hbond substituents is 1. The van der Waals surface area contributed by atoms with Crippen LogP contribution >= 0.6 is 0 Å². The van der Waals surface area contributed by atoms with Crippen LogP contribution in [-0.4, -0.2) is 106 Å². The standard InChI is InChI=1S/C28H34O14/c1-13(30)42-28(2)10-17(39-19(32)9-6-14-4-7-15(31)8-5-14)20-16(25(36)37-3)12-38-26(21(20)28)41-27-24(35)23(34)22(33)18(11-29)40-27/h4-9,12,17-18,20-24,26-27,29,31,33-35H,10-11H2,1-3H3/b9-6-/t17-,18-,20?,21?,22-,23+,24-,26+,27+,28+/m1/s1. The molecule has 42 heavy (non-hydrogen) atoms. The summed E-state index contributed by atoms with van der Waals surface area (Å²) in [4.78, 5) is 37.8. The third-order valence-corrected chi connectivity index (χ3v) is 7.57. The molecule has 1 saturated heterocycles. The number of rotatable bonds is 8. The highest BCUT2D eigenvalue weighted by atomic mass is 16.8. The number of carbonyl (C=O) groups excluding carboxylic acids is 3. The van der Waals surface area contributed by atoms with E-state index in [9.17, 15) is 39.9 Å². The van der Waals surface area contributed by atoms with Crippen molar-refractivity contribution in [2.45, 2.75) is 69.0 Å². The van der Waals surface area contributed by atoms with Gasteiger partial charge in [-0.1, -0.05) is 12.1 Å². The number of ether oxygens (including phenoxy) is 6. The van der Waals surface area contributed by atoms with Crippen molar-refractivity contribution in [3.63, 3.8) is 0 Å². The molecule has 4 rings (SSSR count). The largest absolute Gasteiger partial charge is 0.508 e. The second-order valence-corrected chi connectivity index (χ2v) is 10.5. The van der Waals surface area contributed by atoms with E-state index in [-0.39, 0.29) is 17.7 Å². The minimum Gasteiger partial charge on any atom is -0.508 e. The van der Waals surface area contributed by atoms with Crippen LogP contribution in [0.4, 0.5) is 0 Å². The van der Waals surface area contributed by atoms with Crippen LogP contribution < -0.4 is 0 Å². The van der Waals surface area contributed by atoms with E-state index in [1.165, 1.54) is 25.1 Å². The van der Waals surface area contributed by atoms with Crippen molar-refractivity contribution in [3.05, 3.63) is 47.7 Å². The molecule has 2 fully saturated rings. The monoisotopic (exact) mass is 594 g/mol. The molecule has 14 heteroatoms. The van der Waals surface area contributed by atoms with E-state index < -0.39 is 85.1 Å². The zero-order valence-electron chi connectivity index (χ0n) is 23.1. The van der Waals surface area contributed by atoms with Crippen molar-refractivity contribution in [2.24, 2.45) is 11.8 Å². The number of hydrogen-bond donors (Lipinski definition) is 5. The number of esters is 3. The van der Waals surface area contributed by atoms with Gasteiger partial charge in [0.1, 0.15) is 41.9 Å². The van der Waals surface area contributed by atoms with Gasteiger partial charge in [-0.25, -0.2) is 9.59 Å². The average molecular weight is 595 g/mol. The minimum atomic E-state index is -1.77. The second kappa shape index (κ2) is 12.8. The second-order valence-electron chi connectivity index (χ2n) is 10.5. The Kier molecular flexibility index (Phi) is 9.55. The summed E-state index contributed by atoms with van der Waals surface area (Å²) in [6.07, 6.45) is -6.89. The van der Waals surface area contributed by atoms with E-state index >= 15 is 0 Å². The Balaban J connectivity index is 1.65. The minimum absolute atomic E-state index is 0.0349. The van der Waals surface area contributed by atoms with Gasteiger partial charge in [-0.05, 0) is 30.7 Å². The smallest absolute Gasteiger partial charge is 0.337 e. The zero-order valence-corrected chi connectivity index (χ0v) is 23.1. The maximum absolute atomic E-state index is 12.9. The third kappa shape index (κ3) is 6.43. The summed E-state index contributed by atoms with van der Waals surface area (Å²) >= 11 is 0. The van der Waals surface area contributed by atoms with Gasteiger partial charge in [0.15, 0.2) is 6.29 Å². The van der Waals surface area contributed by atoms with Crippen LogP contribution in [0.1, 0.15) is 25.8 Å². The van der Waals surface area contributed by atoms with E-state index in [1.807, 2.05) is 0 Å². The van der Waals surface area contributed by atoms with Gasteiger partial charge in [0.05, 0.1) is 31.5 Å². The SMILES string of the molecule is COC(=O)C1=CO[C@@H](O[C@@H]2O[C@H](CO)[C@@H](O)[C@H](O)[C@H]2O)C2C1[C@H](OC(=O)/C=C\c1ccc(O)cc1)C[C@]2(C)OC(C)=O. The molecule has 1 aromatic carbocycles. The summed E-state index contributed by atoms with van der Waals surface area (Å²) in [5.41, 5.74) is -0.880. The Morgan fingerprint density at radius 1 is 1.07 bits per heavy atom. The molecule has 1 aromatic rings. The van der Waals surface area contributed by atoms with Crippen LogP contribution in [0, 0.1) is 11.8 Å². The molecule has 5 N–H and O–H groups in total. The Morgan fingerprint density at radius 2 is 1.76 bits per heavy atom. The topological polar surface area (TPSA) is 208 Å². The highest BCUT2D eigenvalue weighted by Crippen LogP contribution is 2.52. The van der Waals surface area contributed by atoms with Crippen LogP contribution in [0.3, 0.4) is 0 Å². The van der Waals surface area contributed by atoms with Gasteiger partial charge in [-0.15, -0.1) is 0 Å². The molecule has 14 nitrogen and oxygen atoms in total. The molecule has 10 atom stereocenters. The van der Waals surface area contributed by atoms with Crippen LogP contribution in [0.25, 0.3) is 6.08 Å². The van der Waals surface area contributed by atoms with Crippen molar-refractivity contribution in [2.75, 3.05) is 13.7 Å². The first-order chi connectivity index (χ1) is 19.9. The van der Waals surface area contributed by atoms with Gasteiger partial charge in [0.2, 0.25) is 6.29 Å². The molecule has 0 aromatic heterocycles. The summed E-state index contributed by atoms with van der Waals surface area (Å²) in [7, 11) is 1.15. The normalized spacial score (nSPS) is 36.0. The summed E-state index contributed by atoms with van der Waals surface area (Å²) in [5.74, 6) is -4.23. The number of methoxy groups -OCH3 is 1. The Labute approximate surface area is 240 Å². The van der Waals surface area contributed by atoms with E-state index in [0.717, 1.165) is 19.4 Å². The lowest BCUT2D eigenvalue weighted by Gasteiger charge is -2.44. The summed E-state index contributed by atoms with van der Waals surface area (Å²) in [6.45, 7) is 2.02. The van der Waals surface area contributed by atoms with Gasteiger partial charge in [0, 0.05) is 25.3 Å². The van der Waals surface area contributed by atoms with Gasteiger partial charge in [-0.3, -0.25) is 4.79 Å². The number of aliphatic hydroxyl groups excluding tert-OH is 4. The average Bonchev–Trinajstić information content (AvgIpc) is 3.23. The lowest BCUT2D eigenvalue weighted by Crippen LogP contribution is -2.61. The van der Waals surface area contributed by atoms with Crippen molar-refractivity contribution in [1.82, 2.24) is 0 Å². The number of fused-ring (bicyclic) bond motifs is 1. The predicted octanol–water partition coefficient (Wildman–Crippen LogP) is -0.495. The predicted molar refractivity (Wildman–Crippen MR) is 139 cm³/mol. The number of carbonyl (C=O) groups is 3. The molecule has 3 aliphatic rings. The fourth-order valence-corrected chi connectivity index (χ4v) is 5.65. The fraction of sp³-hybridized carbons (Fsp3) is 0.536. The summed E-state index contributed by atoms with van der Waals surface area (Å²) < 4.78 is 33.4. The van der Waals surface area contributed by atoms with E-state index in [0.29, 0.717) is 5.56 Å². The number of aromatic hydroxyl groups is 1. The number of aliphatic hydroxyl groups is 4. The lowest BCUT2D eigenvalue weighted by atomic mass is 9.80. The highest BCUT2D eigenvalue weighted by Gasteiger charge is 2.63. The van der Waals surface area contributed by atoms with Crippen LogP contribution in [0.5, 0.6) is 5.75 Å². The van der Waals surface area contributed by atoms with Gasteiger partial charge in [0.25, 0.3) is 0 Å². The zero-order chi connectivity index (χ0) is 30.8. The number of phenols is 1. The van der Waals surface area contributed by atoms with Crippen molar-refractivity contribution >= 4 is 24.0 Å². The molecular weight excluding hydrogens is 560 g/mol. The molecule has 1 aliphatic carbocycles.